The standard InChI is InChI=1S/C26H37N/c1-2-3-4-5-6-7-8-9-10-17-22-27(23-25-18-13-11-14-19-25)24-26-20-15-12-16-21-26/h5-6,11-16,18-21H,2-4,7-10,17,22-24H2,1H3/b6-5+. The molecule has 2 aromatic carbocycles. The van der Waals surface area contributed by atoms with E-state index in [4.69, 9.17) is 0 Å². The van der Waals surface area contributed by atoms with Crippen LogP contribution in [0.1, 0.15) is 69.4 Å². The van der Waals surface area contributed by atoms with Crippen molar-refractivity contribution in [3.8, 4) is 0 Å². The molecular formula is C26H37N. The first-order valence-corrected chi connectivity index (χ1v) is 10.8. The molecule has 0 spiro atoms. The highest BCUT2D eigenvalue weighted by Crippen LogP contribution is 2.12. The van der Waals surface area contributed by atoms with Crippen molar-refractivity contribution >= 4 is 0 Å². The molecule has 0 saturated carbocycles. The Balaban J connectivity index is 1.69. The van der Waals surface area contributed by atoms with Crippen LogP contribution in [0, 0.1) is 0 Å². The lowest BCUT2D eigenvalue weighted by atomic mass is 10.1. The molecule has 0 amide bonds. The van der Waals surface area contributed by atoms with Crippen LogP contribution < -0.4 is 0 Å². The van der Waals surface area contributed by atoms with Crippen molar-refractivity contribution in [2.75, 3.05) is 6.54 Å². The minimum atomic E-state index is 1.04. The van der Waals surface area contributed by atoms with Crippen LogP contribution in [0.2, 0.25) is 0 Å². The van der Waals surface area contributed by atoms with Gasteiger partial charge in [-0.3, -0.25) is 4.90 Å². The molecule has 0 aliphatic carbocycles. The Morgan fingerprint density at radius 2 is 1.15 bits per heavy atom. The topological polar surface area (TPSA) is 3.24 Å². The van der Waals surface area contributed by atoms with Gasteiger partial charge in [0.2, 0.25) is 0 Å². The first kappa shape index (κ1) is 21.4. The van der Waals surface area contributed by atoms with Gasteiger partial charge in [0.05, 0.1) is 0 Å². The van der Waals surface area contributed by atoms with Crippen LogP contribution in [0.4, 0.5) is 0 Å². The van der Waals surface area contributed by atoms with E-state index in [-0.39, 0.29) is 0 Å². The lowest BCUT2D eigenvalue weighted by Crippen LogP contribution is -2.24. The van der Waals surface area contributed by atoms with E-state index < -0.39 is 0 Å². The molecule has 0 fully saturated rings. The predicted molar refractivity (Wildman–Crippen MR) is 119 cm³/mol. The Labute approximate surface area is 167 Å². The van der Waals surface area contributed by atoms with Crippen LogP contribution >= 0.6 is 0 Å². The molecule has 0 aromatic heterocycles. The van der Waals surface area contributed by atoms with Crippen molar-refractivity contribution < 1.29 is 0 Å². The summed E-state index contributed by atoms with van der Waals surface area (Å²) in [5.74, 6) is 0. The summed E-state index contributed by atoms with van der Waals surface area (Å²) < 4.78 is 0. The van der Waals surface area contributed by atoms with Gasteiger partial charge >= 0.3 is 0 Å². The van der Waals surface area contributed by atoms with Gasteiger partial charge in [-0.1, -0.05) is 105 Å². The van der Waals surface area contributed by atoms with Gasteiger partial charge in [0.15, 0.2) is 0 Å². The average Bonchev–Trinajstić information content (AvgIpc) is 2.71. The molecule has 0 aliphatic rings. The third kappa shape index (κ3) is 10.2. The van der Waals surface area contributed by atoms with E-state index in [2.05, 4.69) is 84.6 Å². The highest BCUT2D eigenvalue weighted by atomic mass is 15.1. The monoisotopic (exact) mass is 363 g/mol. The van der Waals surface area contributed by atoms with Crippen molar-refractivity contribution in [2.45, 2.75) is 71.4 Å². The normalized spacial score (nSPS) is 11.5. The minimum absolute atomic E-state index is 1.04. The van der Waals surface area contributed by atoms with E-state index in [1.165, 1.54) is 69.0 Å². The smallest absolute Gasteiger partial charge is 0.0237 e. The molecule has 1 nitrogen and oxygen atoms in total. The number of hydrogen-bond donors (Lipinski definition) is 0. The first-order valence-electron chi connectivity index (χ1n) is 10.8. The molecule has 0 unspecified atom stereocenters. The second kappa shape index (κ2) is 14.2. The van der Waals surface area contributed by atoms with Crippen molar-refractivity contribution in [1.29, 1.82) is 0 Å². The van der Waals surface area contributed by atoms with Crippen molar-refractivity contribution in [1.82, 2.24) is 4.90 Å². The Morgan fingerprint density at radius 1 is 0.630 bits per heavy atom. The predicted octanol–water partition coefficient (Wildman–Crippen LogP) is 7.39. The highest BCUT2D eigenvalue weighted by Gasteiger charge is 2.07. The van der Waals surface area contributed by atoms with Gasteiger partial charge in [0, 0.05) is 13.1 Å². The molecular weight excluding hydrogens is 326 g/mol. The number of hydrogen-bond acceptors (Lipinski definition) is 1. The van der Waals surface area contributed by atoms with E-state index in [1.54, 1.807) is 0 Å². The number of unbranched alkanes of at least 4 members (excludes halogenated alkanes) is 6. The number of allylic oxidation sites excluding steroid dienone is 2. The Kier molecular flexibility index (Phi) is 11.3. The third-order valence-corrected chi connectivity index (χ3v) is 4.98. The summed E-state index contributed by atoms with van der Waals surface area (Å²) in [4.78, 5) is 2.59. The molecule has 146 valence electrons. The third-order valence-electron chi connectivity index (χ3n) is 4.98. The van der Waals surface area contributed by atoms with E-state index >= 15 is 0 Å². The molecule has 27 heavy (non-hydrogen) atoms. The molecule has 0 radical (unpaired) electrons. The van der Waals surface area contributed by atoms with E-state index in [0.29, 0.717) is 0 Å². The van der Waals surface area contributed by atoms with Crippen LogP contribution in [0.25, 0.3) is 0 Å². The van der Waals surface area contributed by atoms with Gasteiger partial charge in [0.1, 0.15) is 0 Å². The van der Waals surface area contributed by atoms with Gasteiger partial charge in [-0.25, -0.2) is 0 Å². The fourth-order valence-corrected chi connectivity index (χ4v) is 3.41. The molecule has 0 heterocycles. The second-order valence-electron chi connectivity index (χ2n) is 7.50. The van der Waals surface area contributed by atoms with Crippen LogP contribution in [0.5, 0.6) is 0 Å². The summed E-state index contributed by atoms with van der Waals surface area (Å²) in [6.45, 7) is 5.51. The van der Waals surface area contributed by atoms with Crippen LogP contribution in [-0.2, 0) is 13.1 Å². The van der Waals surface area contributed by atoms with Gasteiger partial charge < -0.3 is 0 Å². The van der Waals surface area contributed by atoms with Gasteiger partial charge in [-0.15, -0.1) is 0 Å². The summed E-state index contributed by atoms with van der Waals surface area (Å²) in [5, 5.41) is 0. The molecule has 0 bridgehead atoms. The lowest BCUT2D eigenvalue weighted by molar-refractivity contribution is 0.250. The SMILES string of the molecule is CCCC/C=C/CCCCCCN(Cc1ccccc1)Cc1ccccc1. The zero-order valence-electron chi connectivity index (χ0n) is 17.2. The molecule has 2 aromatic rings. The maximum atomic E-state index is 2.59. The Bertz CT molecular complexity index is 561. The zero-order chi connectivity index (χ0) is 19.0. The van der Waals surface area contributed by atoms with Crippen LogP contribution in [0.15, 0.2) is 72.8 Å². The molecule has 0 saturated heterocycles. The molecule has 1 heteroatoms. The summed E-state index contributed by atoms with van der Waals surface area (Å²) in [7, 11) is 0. The van der Waals surface area contributed by atoms with E-state index in [1.807, 2.05) is 0 Å². The largest absolute Gasteiger partial charge is 0.295 e. The average molecular weight is 364 g/mol. The number of benzene rings is 2. The van der Waals surface area contributed by atoms with Crippen molar-refractivity contribution in [2.24, 2.45) is 0 Å². The second-order valence-corrected chi connectivity index (χ2v) is 7.50. The molecule has 0 aliphatic heterocycles. The summed E-state index contributed by atoms with van der Waals surface area (Å²) in [6.07, 6.45) is 15.2. The van der Waals surface area contributed by atoms with Crippen LogP contribution in [-0.4, -0.2) is 11.4 Å². The molecule has 0 N–H and O–H groups in total. The highest BCUT2D eigenvalue weighted by molar-refractivity contribution is 5.17. The molecule has 2 rings (SSSR count). The van der Waals surface area contributed by atoms with Gasteiger partial charge in [-0.2, -0.15) is 0 Å². The fourth-order valence-electron chi connectivity index (χ4n) is 3.41. The zero-order valence-corrected chi connectivity index (χ0v) is 17.2. The maximum absolute atomic E-state index is 2.59. The Morgan fingerprint density at radius 3 is 1.70 bits per heavy atom. The van der Waals surface area contributed by atoms with Crippen LogP contribution in [0.3, 0.4) is 0 Å². The van der Waals surface area contributed by atoms with Gasteiger partial charge in [-0.05, 0) is 43.4 Å². The number of rotatable bonds is 14. The van der Waals surface area contributed by atoms with Gasteiger partial charge in [0.25, 0.3) is 0 Å². The van der Waals surface area contributed by atoms with Crippen molar-refractivity contribution in [3.05, 3.63) is 83.9 Å². The summed E-state index contributed by atoms with van der Waals surface area (Å²) in [6, 6.07) is 21.7. The maximum Gasteiger partial charge on any atom is 0.0237 e. The molecule has 0 atom stereocenters. The fraction of sp³-hybridized carbons (Fsp3) is 0.462. The summed E-state index contributed by atoms with van der Waals surface area (Å²) in [5.41, 5.74) is 2.82. The summed E-state index contributed by atoms with van der Waals surface area (Å²) >= 11 is 0. The first-order chi connectivity index (χ1) is 13.4. The number of nitrogens with zero attached hydrogens (tertiary/aromatic N) is 1. The lowest BCUT2D eigenvalue weighted by Gasteiger charge is -2.22. The quantitative estimate of drug-likeness (QED) is 0.250. The minimum Gasteiger partial charge on any atom is -0.295 e. The van der Waals surface area contributed by atoms with Crippen molar-refractivity contribution in [3.63, 3.8) is 0 Å². The Hall–Kier alpha value is -1.86. The van der Waals surface area contributed by atoms with E-state index in [9.17, 15) is 0 Å². The van der Waals surface area contributed by atoms with E-state index in [0.717, 1.165) is 13.1 Å².